The first kappa shape index (κ1) is 11.2. The molecule has 2 heterocycles. The lowest BCUT2D eigenvalue weighted by atomic mass is 9.83. The number of alkyl halides is 1. The van der Waals surface area contributed by atoms with E-state index < -0.39 is 6.17 Å². The van der Waals surface area contributed by atoms with Gasteiger partial charge in [-0.2, -0.15) is 0 Å². The minimum atomic E-state index is -0.678. The highest BCUT2D eigenvalue weighted by Gasteiger charge is 2.32. The van der Waals surface area contributed by atoms with Crippen LogP contribution in [0.25, 0.3) is 21.9 Å². The standard InChI is InChI=1S/C14H11ClFN3/c15-8-1-2-11-10(5-8)13-12(6-17-11)18-14(19-13)7-3-9(16)4-7/h1-2,5-7,9H,3-4H2,(H,18,19)/t7-,9+. The Bertz CT molecular complexity index is 777. The molecule has 0 bridgehead atoms. The maximum atomic E-state index is 12.9. The zero-order valence-electron chi connectivity index (χ0n) is 10.0. The molecule has 3 aromatic rings. The predicted octanol–water partition coefficient (Wildman–Crippen LogP) is 3.98. The van der Waals surface area contributed by atoms with Gasteiger partial charge in [0.15, 0.2) is 0 Å². The molecule has 0 saturated heterocycles. The van der Waals surface area contributed by atoms with Gasteiger partial charge in [-0.05, 0) is 31.0 Å². The van der Waals surface area contributed by atoms with Crippen LogP contribution in [0.2, 0.25) is 5.02 Å². The summed E-state index contributed by atoms with van der Waals surface area (Å²) in [5.41, 5.74) is 2.63. The van der Waals surface area contributed by atoms with E-state index >= 15 is 0 Å². The van der Waals surface area contributed by atoms with Crippen LogP contribution in [0, 0.1) is 0 Å². The largest absolute Gasteiger partial charge is 0.341 e. The summed E-state index contributed by atoms with van der Waals surface area (Å²) in [6, 6.07) is 5.59. The van der Waals surface area contributed by atoms with Crippen molar-refractivity contribution in [3.63, 3.8) is 0 Å². The highest BCUT2D eigenvalue weighted by atomic mass is 35.5. The van der Waals surface area contributed by atoms with Gasteiger partial charge in [0.25, 0.3) is 0 Å². The number of aromatic amines is 1. The summed E-state index contributed by atoms with van der Waals surface area (Å²) in [4.78, 5) is 12.2. The Labute approximate surface area is 113 Å². The normalized spacial score (nSPS) is 22.8. The number of hydrogen-bond donors (Lipinski definition) is 1. The number of hydrogen-bond acceptors (Lipinski definition) is 2. The van der Waals surface area contributed by atoms with Gasteiger partial charge >= 0.3 is 0 Å². The fraction of sp³-hybridized carbons (Fsp3) is 0.286. The van der Waals surface area contributed by atoms with Gasteiger partial charge in [-0.1, -0.05) is 11.6 Å². The zero-order valence-corrected chi connectivity index (χ0v) is 10.8. The third-order valence-corrected chi connectivity index (χ3v) is 4.01. The summed E-state index contributed by atoms with van der Waals surface area (Å²) in [6.07, 6.45) is 2.19. The van der Waals surface area contributed by atoms with Crippen LogP contribution in [-0.4, -0.2) is 21.1 Å². The molecular formula is C14H11ClFN3. The molecule has 1 N–H and O–H groups in total. The average molecular weight is 276 g/mol. The lowest BCUT2D eigenvalue weighted by molar-refractivity contribution is 0.174. The number of nitrogens with zero attached hydrogens (tertiary/aromatic N) is 2. The van der Waals surface area contributed by atoms with Crippen LogP contribution < -0.4 is 0 Å². The second kappa shape index (κ2) is 3.90. The average Bonchev–Trinajstić information content (AvgIpc) is 2.78. The smallest absolute Gasteiger partial charge is 0.110 e. The Morgan fingerprint density at radius 3 is 2.89 bits per heavy atom. The lowest BCUT2D eigenvalue weighted by Gasteiger charge is -2.27. The number of nitrogens with one attached hydrogen (secondary N) is 1. The summed E-state index contributed by atoms with van der Waals surface area (Å²) in [6.45, 7) is 0. The monoisotopic (exact) mass is 275 g/mol. The number of rotatable bonds is 1. The molecule has 3 nitrogen and oxygen atoms in total. The number of fused-ring (bicyclic) bond motifs is 3. The summed E-state index contributed by atoms with van der Waals surface area (Å²) in [7, 11) is 0. The molecule has 1 saturated carbocycles. The fourth-order valence-corrected chi connectivity index (χ4v) is 2.79. The Morgan fingerprint density at radius 2 is 2.11 bits per heavy atom. The van der Waals surface area contributed by atoms with Crippen molar-refractivity contribution in [1.82, 2.24) is 15.0 Å². The molecule has 0 unspecified atom stereocenters. The lowest BCUT2D eigenvalue weighted by Crippen LogP contribution is -2.23. The van der Waals surface area contributed by atoms with E-state index in [4.69, 9.17) is 11.6 Å². The first-order valence-corrected chi connectivity index (χ1v) is 6.66. The molecule has 19 heavy (non-hydrogen) atoms. The van der Waals surface area contributed by atoms with Crippen molar-refractivity contribution in [2.75, 3.05) is 0 Å². The fourth-order valence-electron chi connectivity index (χ4n) is 2.62. The Kier molecular flexibility index (Phi) is 2.30. The highest BCUT2D eigenvalue weighted by Crippen LogP contribution is 2.38. The van der Waals surface area contributed by atoms with Crippen LogP contribution in [0.4, 0.5) is 4.39 Å². The van der Waals surface area contributed by atoms with Crippen LogP contribution in [-0.2, 0) is 0 Å². The van der Waals surface area contributed by atoms with Crippen LogP contribution in [0.5, 0.6) is 0 Å². The van der Waals surface area contributed by atoms with E-state index in [-0.39, 0.29) is 5.92 Å². The second-order valence-corrected chi connectivity index (χ2v) is 5.50. The molecule has 4 rings (SSSR count). The van der Waals surface area contributed by atoms with Gasteiger partial charge in [0.2, 0.25) is 0 Å². The van der Waals surface area contributed by atoms with Gasteiger partial charge in [0.1, 0.15) is 17.5 Å². The number of benzene rings is 1. The molecule has 1 aromatic carbocycles. The van der Waals surface area contributed by atoms with E-state index in [0.717, 1.165) is 27.8 Å². The first-order valence-electron chi connectivity index (χ1n) is 6.28. The van der Waals surface area contributed by atoms with Crippen LogP contribution >= 0.6 is 11.6 Å². The second-order valence-electron chi connectivity index (χ2n) is 5.07. The Hall–Kier alpha value is -1.68. The topological polar surface area (TPSA) is 41.6 Å². The van der Waals surface area contributed by atoms with E-state index in [2.05, 4.69) is 15.0 Å². The molecule has 1 fully saturated rings. The maximum Gasteiger partial charge on any atom is 0.110 e. The highest BCUT2D eigenvalue weighted by molar-refractivity contribution is 6.31. The number of aromatic nitrogens is 3. The van der Waals surface area contributed by atoms with Crippen molar-refractivity contribution >= 4 is 33.5 Å². The van der Waals surface area contributed by atoms with E-state index in [1.165, 1.54) is 0 Å². The Balaban J connectivity index is 1.92. The van der Waals surface area contributed by atoms with Crippen LogP contribution in [0.3, 0.4) is 0 Å². The van der Waals surface area contributed by atoms with Gasteiger partial charge in [-0.3, -0.25) is 4.98 Å². The van der Waals surface area contributed by atoms with Crippen LogP contribution in [0.1, 0.15) is 24.6 Å². The first-order chi connectivity index (χ1) is 9.20. The molecule has 0 amide bonds. The molecule has 2 aromatic heterocycles. The van der Waals surface area contributed by atoms with Crippen molar-refractivity contribution in [3.05, 3.63) is 35.2 Å². The minimum Gasteiger partial charge on any atom is -0.341 e. The van der Waals surface area contributed by atoms with E-state index in [1.807, 2.05) is 18.2 Å². The molecule has 0 spiro atoms. The van der Waals surface area contributed by atoms with E-state index in [9.17, 15) is 4.39 Å². The van der Waals surface area contributed by atoms with Crippen LogP contribution in [0.15, 0.2) is 24.4 Å². The summed E-state index contributed by atoms with van der Waals surface area (Å²) >= 11 is 6.03. The van der Waals surface area contributed by atoms with Gasteiger partial charge in [-0.25, -0.2) is 9.37 Å². The summed E-state index contributed by atoms with van der Waals surface area (Å²) < 4.78 is 12.9. The molecule has 1 aliphatic rings. The quantitative estimate of drug-likeness (QED) is 0.730. The number of halogens is 2. The Morgan fingerprint density at radius 1 is 1.26 bits per heavy atom. The van der Waals surface area contributed by atoms with Crippen molar-refractivity contribution in [2.24, 2.45) is 0 Å². The van der Waals surface area contributed by atoms with Gasteiger partial charge in [-0.15, -0.1) is 0 Å². The number of pyridine rings is 1. The molecular weight excluding hydrogens is 265 g/mol. The van der Waals surface area contributed by atoms with Gasteiger partial charge in [0.05, 0.1) is 17.2 Å². The SMILES string of the molecule is F[C@H]1C[C@@H](c2nc3cnc4ccc(Cl)cc4c3[nH]2)C1. The molecule has 96 valence electrons. The van der Waals surface area contributed by atoms with Crippen molar-refractivity contribution < 1.29 is 4.39 Å². The minimum absolute atomic E-state index is 0.205. The third kappa shape index (κ3) is 1.70. The summed E-state index contributed by atoms with van der Waals surface area (Å²) in [5, 5.41) is 1.63. The van der Waals surface area contributed by atoms with Crippen molar-refractivity contribution in [3.8, 4) is 0 Å². The van der Waals surface area contributed by atoms with E-state index in [0.29, 0.717) is 17.9 Å². The molecule has 5 heteroatoms. The predicted molar refractivity (Wildman–Crippen MR) is 73.3 cm³/mol. The zero-order chi connectivity index (χ0) is 13.0. The molecule has 0 atom stereocenters. The van der Waals surface area contributed by atoms with Gasteiger partial charge in [0, 0.05) is 16.3 Å². The van der Waals surface area contributed by atoms with Gasteiger partial charge < -0.3 is 4.98 Å². The van der Waals surface area contributed by atoms with Crippen molar-refractivity contribution in [2.45, 2.75) is 24.9 Å². The maximum absolute atomic E-state index is 12.9. The van der Waals surface area contributed by atoms with E-state index in [1.54, 1.807) is 6.20 Å². The molecule has 1 aliphatic carbocycles. The number of H-pyrrole nitrogens is 1. The summed E-state index contributed by atoms with van der Waals surface area (Å²) in [5.74, 6) is 1.06. The number of imidazole rings is 1. The third-order valence-electron chi connectivity index (χ3n) is 3.77. The van der Waals surface area contributed by atoms with Crippen molar-refractivity contribution in [1.29, 1.82) is 0 Å². The molecule has 0 radical (unpaired) electrons. The molecule has 0 aliphatic heterocycles.